The van der Waals surface area contributed by atoms with E-state index >= 15 is 0 Å². The number of halogens is 1. The number of thioether (sulfide) groups is 1. The molecule has 22 heavy (non-hydrogen) atoms. The Morgan fingerprint density at radius 2 is 2.09 bits per heavy atom. The standard InChI is InChI=1S/C17H19ClN2OS/c1-12-11-22-17(19-12)20(15-9-7-14(18)8-10-15)16(21)13-5-3-2-4-6-13/h2-3,7-10,12-13H,4-6,11H2,1H3. The van der Waals surface area contributed by atoms with Crippen LogP contribution in [0.5, 0.6) is 0 Å². The SMILES string of the molecule is CC1CSC(N(C(=O)C2CC=CCC2)c2ccc(Cl)cc2)=N1. The minimum atomic E-state index is 0.0416. The molecule has 3 nitrogen and oxygen atoms in total. The first-order chi connectivity index (χ1) is 10.6. The van der Waals surface area contributed by atoms with Crippen LogP contribution in [-0.4, -0.2) is 22.9 Å². The van der Waals surface area contributed by atoms with Crippen LogP contribution in [0.3, 0.4) is 0 Å². The number of anilines is 1. The zero-order chi connectivity index (χ0) is 15.5. The second kappa shape index (κ2) is 6.88. The highest BCUT2D eigenvalue weighted by Gasteiger charge is 2.31. The lowest BCUT2D eigenvalue weighted by Crippen LogP contribution is -2.39. The van der Waals surface area contributed by atoms with E-state index in [2.05, 4.69) is 24.1 Å². The maximum atomic E-state index is 13.0. The predicted octanol–water partition coefficient (Wildman–Crippen LogP) is 4.52. The van der Waals surface area contributed by atoms with E-state index in [1.807, 2.05) is 24.3 Å². The molecule has 1 aliphatic carbocycles. The van der Waals surface area contributed by atoms with Crippen molar-refractivity contribution in [1.29, 1.82) is 0 Å². The monoisotopic (exact) mass is 334 g/mol. The van der Waals surface area contributed by atoms with Crippen molar-refractivity contribution in [2.45, 2.75) is 32.2 Å². The van der Waals surface area contributed by atoms with Gasteiger partial charge in [-0.25, -0.2) is 0 Å². The minimum absolute atomic E-state index is 0.0416. The molecule has 116 valence electrons. The highest BCUT2D eigenvalue weighted by molar-refractivity contribution is 8.14. The molecule has 1 amide bonds. The lowest BCUT2D eigenvalue weighted by Gasteiger charge is -2.27. The molecule has 2 atom stereocenters. The molecule has 1 aliphatic heterocycles. The van der Waals surface area contributed by atoms with Crippen LogP contribution in [0.15, 0.2) is 41.4 Å². The molecule has 1 heterocycles. The molecule has 0 saturated heterocycles. The van der Waals surface area contributed by atoms with Crippen molar-refractivity contribution in [2.24, 2.45) is 10.9 Å². The Morgan fingerprint density at radius 3 is 2.68 bits per heavy atom. The number of allylic oxidation sites excluding steroid dienone is 2. The van der Waals surface area contributed by atoms with Crippen molar-refractivity contribution in [3.8, 4) is 0 Å². The van der Waals surface area contributed by atoms with E-state index in [9.17, 15) is 4.79 Å². The van der Waals surface area contributed by atoms with Gasteiger partial charge in [-0.2, -0.15) is 0 Å². The van der Waals surface area contributed by atoms with Gasteiger partial charge in [0.1, 0.15) is 0 Å². The number of nitrogens with zero attached hydrogens (tertiary/aromatic N) is 2. The summed E-state index contributed by atoms with van der Waals surface area (Å²) in [6.07, 6.45) is 6.96. The molecule has 5 heteroatoms. The maximum Gasteiger partial charge on any atom is 0.236 e. The molecule has 0 saturated carbocycles. The van der Waals surface area contributed by atoms with Gasteiger partial charge in [0, 0.05) is 16.7 Å². The summed E-state index contributed by atoms with van der Waals surface area (Å²) < 4.78 is 0. The van der Waals surface area contributed by atoms with E-state index in [4.69, 9.17) is 11.6 Å². The summed E-state index contributed by atoms with van der Waals surface area (Å²) in [6.45, 7) is 2.08. The highest BCUT2D eigenvalue weighted by atomic mass is 35.5. The Morgan fingerprint density at radius 1 is 1.32 bits per heavy atom. The smallest absolute Gasteiger partial charge is 0.236 e. The number of benzene rings is 1. The molecule has 1 aromatic rings. The van der Waals surface area contributed by atoms with E-state index < -0.39 is 0 Å². The van der Waals surface area contributed by atoms with Gasteiger partial charge in [-0.15, -0.1) is 0 Å². The molecule has 0 radical (unpaired) electrons. The predicted molar refractivity (Wildman–Crippen MR) is 94.8 cm³/mol. The quantitative estimate of drug-likeness (QED) is 0.745. The van der Waals surface area contributed by atoms with Gasteiger partial charge < -0.3 is 0 Å². The number of amidine groups is 1. The highest BCUT2D eigenvalue weighted by Crippen LogP contribution is 2.30. The number of carbonyl (C=O) groups is 1. The second-order valence-electron chi connectivity index (χ2n) is 5.70. The molecular weight excluding hydrogens is 316 g/mol. The lowest BCUT2D eigenvalue weighted by molar-refractivity contribution is -0.121. The van der Waals surface area contributed by atoms with Crippen molar-refractivity contribution in [1.82, 2.24) is 0 Å². The van der Waals surface area contributed by atoms with Crippen LogP contribution in [0.4, 0.5) is 5.69 Å². The molecule has 0 N–H and O–H groups in total. The Kier molecular flexibility index (Phi) is 4.89. The second-order valence-corrected chi connectivity index (χ2v) is 7.13. The summed E-state index contributed by atoms with van der Waals surface area (Å²) in [5.74, 6) is 1.11. The summed E-state index contributed by atoms with van der Waals surface area (Å²) in [4.78, 5) is 19.5. The minimum Gasteiger partial charge on any atom is -0.274 e. The summed E-state index contributed by atoms with van der Waals surface area (Å²) in [6, 6.07) is 7.69. The summed E-state index contributed by atoms with van der Waals surface area (Å²) >= 11 is 7.63. The molecule has 0 aromatic heterocycles. The number of hydrogen-bond acceptors (Lipinski definition) is 3. The zero-order valence-electron chi connectivity index (χ0n) is 12.5. The van der Waals surface area contributed by atoms with Crippen molar-refractivity contribution in [2.75, 3.05) is 10.7 Å². The normalized spacial score (nSPS) is 24.2. The molecule has 3 rings (SSSR count). The molecule has 1 aromatic carbocycles. The van der Waals surface area contributed by atoms with Crippen molar-refractivity contribution in [3.63, 3.8) is 0 Å². The first-order valence-electron chi connectivity index (χ1n) is 7.60. The fraction of sp³-hybridized carbons (Fsp3) is 0.412. The van der Waals surface area contributed by atoms with Gasteiger partial charge in [0.2, 0.25) is 5.91 Å². The van der Waals surface area contributed by atoms with Crippen LogP contribution in [0.1, 0.15) is 26.2 Å². The summed E-state index contributed by atoms with van der Waals surface area (Å²) in [5, 5.41) is 1.49. The third-order valence-electron chi connectivity index (χ3n) is 3.90. The molecule has 2 aliphatic rings. The molecule has 2 unspecified atom stereocenters. The first kappa shape index (κ1) is 15.6. The Bertz CT molecular complexity index is 612. The van der Waals surface area contributed by atoms with Crippen LogP contribution in [0, 0.1) is 5.92 Å². The van der Waals surface area contributed by atoms with Crippen LogP contribution in [0.25, 0.3) is 0 Å². The lowest BCUT2D eigenvalue weighted by atomic mass is 9.93. The van der Waals surface area contributed by atoms with Crippen LogP contribution >= 0.6 is 23.4 Å². The van der Waals surface area contributed by atoms with Gasteiger partial charge in [-0.1, -0.05) is 35.5 Å². The van der Waals surface area contributed by atoms with Crippen molar-refractivity contribution >= 4 is 40.1 Å². The fourth-order valence-corrected chi connectivity index (χ4v) is 3.87. The van der Waals surface area contributed by atoms with Crippen molar-refractivity contribution in [3.05, 3.63) is 41.4 Å². The third-order valence-corrected chi connectivity index (χ3v) is 5.35. The number of rotatable bonds is 2. The maximum absolute atomic E-state index is 13.0. The Labute approximate surface area is 140 Å². The van der Waals surface area contributed by atoms with Gasteiger partial charge in [-0.3, -0.25) is 14.7 Å². The molecule has 0 spiro atoms. The molecule has 0 bridgehead atoms. The Hall–Kier alpha value is -1.26. The van der Waals surface area contributed by atoms with E-state index in [1.165, 1.54) is 0 Å². The van der Waals surface area contributed by atoms with Crippen molar-refractivity contribution < 1.29 is 4.79 Å². The number of amides is 1. The molecular formula is C17H19ClN2OS. The number of aliphatic imine (C=N–C) groups is 1. The topological polar surface area (TPSA) is 32.7 Å². The van der Waals surface area contributed by atoms with E-state index in [0.717, 1.165) is 35.9 Å². The fourth-order valence-electron chi connectivity index (χ4n) is 2.70. The van der Waals surface area contributed by atoms with Gasteiger partial charge in [0.05, 0.1) is 11.7 Å². The van der Waals surface area contributed by atoms with Gasteiger partial charge >= 0.3 is 0 Å². The average Bonchev–Trinajstić information content (AvgIpc) is 2.96. The van der Waals surface area contributed by atoms with E-state index in [1.54, 1.807) is 16.7 Å². The first-order valence-corrected chi connectivity index (χ1v) is 8.96. The van der Waals surface area contributed by atoms with Crippen LogP contribution in [-0.2, 0) is 4.79 Å². The van der Waals surface area contributed by atoms with E-state index in [-0.39, 0.29) is 17.9 Å². The number of hydrogen-bond donors (Lipinski definition) is 0. The van der Waals surface area contributed by atoms with Gasteiger partial charge in [0.15, 0.2) is 5.17 Å². The zero-order valence-corrected chi connectivity index (χ0v) is 14.1. The molecule has 0 fully saturated rings. The third kappa shape index (κ3) is 3.39. The Balaban J connectivity index is 1.92. The van der Waals surface area contributed by atoms with E-state index in [0.29, 0.717) is 5.02 Å². The van der Waals surface area contributed by atoms with Gasteiger partial charge in [0.25, 0.3) is 0 Å². The largest absolute Gasteiger partial charge is 0.274 e. The number of carbonyl (C=O) groups excluding carboxylic acids is 1. The van der Waals surface area contributed by atoms with Crippen LogP contribution in [0.2, 0.25) is 5.02 Å². The average molecular weight is 335 g/mol. The van der Waals surface area contributed by atoms with Gasteiger partial charge in [-0.05, 0) is 50.5 Å². The summed E-state index contributed by atoms with van der Waals surface area (Å²) in [7, 11) is 0. The van der Waals surface area contributed by atoms with Crippen LogP contribution < -0.4 is 4.90 Å². The summed E-state index contributed by atoms with van der Waals surface area (Å²) in [5.41, 5.74) is 0.851.